The van der Waals surface area contributed by atoms with E-state index in [1.54, 1.807) is 11.3 Å². The molecule has 2 rings (SSSR count). The molecule has 1 amide bonds. The molecule has 0 aliphatic heterocycles. The Bertz CT molecular complexity index is 593. The molecule has 2 aromatic rings. The number of para-hydroxylation sites is 1. The zero-order chi connectivity index (χ0) is 16.7. The molecule has 0 radical (unpaired) electrons. The van der Waals surface area contributed by atoms with Gasteiger partial charge in [0.2, 0.25) is 5.91 Å². The SMILES string of the molecule is CCC(CC)(CN)NC(=O)CCCCc1nc2ccccc2s1. The topological polar surface area (TPSA) is 68.0 Å². The van der Waals surface area contributed by atoms with Crippen molar-refractivity contribution in [1.29, 1.82) is 0 Å². The van der Waals surface area contributed by atoms with Crippen LogP contribution in [0.2, 0.25) is 0 Å². The van der Waals surface area contributed by atoms with Crippen molar-refractivity contribution < 1.29 is 4.79 Å². The summed E-state index contributed by atoms with van der Waals surface area (Å²) in [7, 11) is 0. The predicted molar refractivity (Wildman–Crippen MR) is 97.7 cm³/mol. The smallest absolute Gasteiger partial charge is 0.220 e. The monoisotopic (exact) mass is 333 g/mol. The van der Waals surface area contributed by atoms with Crippen LogP contribution < -0.4 is 11.1 Å². The van der Waals surface area contributed by atoms with Crippen LogP contribution in [-0.4, -0.2) is 23.0 Å². The molecule has 0 saturated heterocycles. The Labute approximate surface area is 142 Å². The van der Waals surface area contributed by atoms with Gasteiger partial charge < -0.3 is 11.1 Å². The number of unbranched alkanes of at least 4 members (excludes halogenated alkanes) is 1. The number of nitrogens with two attached hydrogens (primary N) is 1. The molecule has 0 fully saturated rings. The Morgan fingerprint density at radius 1 is 1.26 bits per heavy atom. The Hall–Kier alpha value is -1.46. The average molecular weight is 334 g/mol. The Kier molecular flexibility index (Phi) is 6.54. The maximum absolute atomic E-state index is 12.1. The molecule has 0 saturated carbocycles. The molecule has 1 heterocycles. The van der Waals surface area contributed by atoms with E-state index in [9.17, 15) is 4.79 Å². The summed E-state index contributed by atoms with van der Waals surface area (Å²) in [5.74, 6) is 0.114. The van der Waals surface area contributed by atoms with Crippen molar-refractivity contribution in [3.8, 4) is 0 Å². The second-order valence-corrected chi connectivity index (χ2v) is 7.14. The first-order valence-corrected chi connectivity index (χ1v) is 9.29. The number of benzene rings is 1. The number of carbonyl (C=O) groups excluding carboxylic acids is 1. The van der Waals surface area contributed by atoms with E-state index < -0.39 is 0 Å². The average Bonchev–Trinajstić information content (AvgIpc) is 2.99. The van der Waals surface area contributed by atoms with Crippen LogP contribution >= 0.6 is 11.3 Å². The summed E-state index contributed by atoms with van der Waals surface area (Å²) in [5.41, 5.74) is 6.66. The fourth-order valence-electron chi connectivity index (χ4n) is 2.71. The molecular weight excluding hydrogens is 306 g/mol. The molecule has 0 aliphatic rings. The van der Waals surface area contributed by atoms with Gasteiger partial charge in [0, 0.05) is 13.0 Å². The van der Waals surface area contributed by atoms with Crippen LogP contribution in [0.4, 0.5) is 0 Å². The lowest BCUT2D eigenvalue weighted by Gasteiger charge is -2.31. The van der Waals surface area contributed by atoms with Gasteiger partial charge >= 0.3 is 0 Å². The van der Waals surface area contributed by atoms with Crippen molar-refractivity contribution in [1.82, 2.24) is 10.3 Å². The Morgan fingerprint density at radius 2 is 2.00 bits per heavy atom. The third-order valence-electron chi connectivity index (χ3n) is 4.53. The molecule has 4 nitrogen and oxygen atoms in total. The highest BCUT2D eigenvalue weighted by Crippen LogP contribution is 2.23. The summed E-state index contributed by atoms with van der Waals surface area (Å²) in [4.78, 5) is 16.7. The number of fused-ring (bicyclic) bond motifs is 1. The summed E-state index contributed by atoms with van der Waals surface area (Å²) in [6.45, 7) is 4.64. The predicted octanol–water partition coefficient (Wildman–Crippen LogP) is 3.64. The van der Waals surface area contributed by atoms with E-state index in [0.717, 1.165) is 42.6 Å². The molecule has 0 aliphatic carbocycles. The van der Waals surface area contributed by atoms with Gasteiger partial charge in [-0.15, -0.1) is 11.3 Å². The van der Waals surface area contributed by atoms with Gasteiger partial charge in [-0.2, -0.15) is 0 Å². The largest absolute Gasteiger partial charge is 0.349 e. The van der Waals surface area contributed by atoms with Crippen LogP contribution in [0.25, 0.3) is 10.2 Å². The lowest BCUT2D eigenvalue weighted by molar-refractivity contribution is -0.123. The summed E-state index contributed by atoms with van der Waals surface area (Å²) in [5, 5.41) is 4.28. The van der Waals surface area contributed by atoms with Gasteiger partial charge in [0.15, 0.2) is 0 Å². The second kappa shape index (κ2) is 8.41. The number of carbonyl (C=O) groups is 1. The fourth-order valence-corrected chi connectivity index (χ4v) is 3.72. The molecule has 0 spiro atoms. The Morgan fingerprint density at radius 3 is 2.65 bits per heavy atom. The number of thiazole rings is 1. The minimum atomic E-state index is -0.232. The first-order valence-electron chi connectivity index (χ1n) is 8.48. The van der Waals surface area contributed by atoms with Crippen molar-refractivity contribution in [3.63, 3.8) is 0 Å². The van der Waals surface area contributed by atoms with Crippen LogP contribution in [-0.2, 0) is 11.2 Å². The molecule has 5 heteroatoms. The standard InChI is InChI=1S/C18H27N3OS/c1-3-18(4-2,13-19)21-16(22)11-7-8-12-17-20-14-9-5-6-10-15(14)23-17/h5-6,9-10H,3-4,7-8,11-13,19H2,1-2H3,(H,21,22). The molecule has 126 valence electrons. The van der Waals surface area contributed by atoms with E-state index >= 15 is 0 Å². The van der Waals surface area contributed by atoms with E-state index in [1.807, 2.05) is 18.2 Å². The number of nitrogens with zero attached hydrogens (tertiary/aromatic N) is 1. The lowest BCUT2D eigenvalue weighted by Crippen LogP contribution is -2.52. The van der Waals surface area contributed by atoms with Gasteiger partial charge in [0.05, 0.1) is 20.8 Å². The summed E-state index contributed by atoms with van der Waals surface area (Å²) >= 11 is 1.75. The fraction of sp³-hybridized carbons (Fsp3) is 0.556. The van der Waals surface area contributed by atoms with Crippen molar-refractivity contribution in [2.75, 3.05) is 6.54 Å². The third-order valence-corrected chi connectivity index (χ3v) is 5.63. The van der Waals surface area contributed by atoms with E-state index in [0.29, 0.717) is 13.0 Å². The second-order valence-electron chi connectivity index (χ2n) is 6.02. The van der Waals surface area contributed by atoms with Crippen LogP contribution in [0.3, 0.4) is 0 Å². The maximum Gasteiger partial charge on any atom is 0.220 e. The molecule has 0 unspecified atom stereocenters. The quantitative estimate of drug-likeness (QED) is 0.688. The van der Waals surface area contributed by atoms with E-state index in [-0.39, 0.29) is 11.4 Å². The zero-order valence-electron chi connectivity index (χ0n) is 14.1. The van der Waals surface area contributed by atoms with Gasteiger partial charge in [0.25, 0.3) is 0 Å². The molecule has 3 N–H and O–H groups in total. The van der Waals surface area contributed by atoms with Gasteiger partial charge in [-0.1, -0.05) is 26.0 Å². The van der Waals surface area contributed by atoms with Crippen molar-refractivity contribution in [2.45, 2.75) is 57.9 Å². The number of hydrogen-bond donors (Lipinski definition) is 2. The normalized spacial score (nSPS) is 11.8. The zero-order valence-corrected chi connectivity index (χ0v) is 14.9. The van der Waals surface area contributed by atoms with Gasteiger partial charge in [-0.3, -0.25) is 4.79 Å². The van der Waals surface area contributed by atoms with Crippen LogP contribution in [0.1, 0.15) is 51.0 Å². The van der Waals surface area contributed by atoms with Gasteiger partial charge in [-0.25, -0.2) is 4.98 Å². The number of rotatable bonds is 9. The highest BCUT2D eigenvalue weighted by molar-refractivity contribution is 7.18. The molecule has 1 aromatic carbocycles. The molecule has 0 atom stereocenters. The first-order chi connectivity index (χ1) is 11.1. The third kappa shape index (κ3) is 4.75. The van der Waals surface area contributed by atoms with E-state index in [1.165, 1.54) is 4.70 Å². The lowest BCUT2D eigenvalue weighted by atomic mass is 9.92. The maximum atomic E-state index is 12.1. The highest BCUT2D eigenvalue weighted by Gasteiger charge is 2.25. The number of amides is 1. The van der Waals surface area contributed by atoms with Crippen molar-refractivity contribution in [2.24, 2.45) is 5.73 Å². The van der Waals surface area contributed by atoms with E-state index in [2.05, 4.69) is 30.2 Å². The molecule has 23 heavy (non-hydrogen) atoms. The Balaban J connectivity index is 1.75. The first kappa shape index (κ1) is 17.9. The summed E-state index contributed by atoms with van der Waals surface area (Å²) < 4.78 is 1.24. The van der Waals surface area contributed by atoms with E-state index in [4.69, 9.17) is 5.73 Å². The molecule has 1 aromatic heterocycles. The van der Waals surface area contributed by atoms with Gasteiger partial charge in [0.1, 0.15) is 0 Å². The summed E-state index contributed by atoms with van der Waals surface area (Å²) in [6.07, 6.45) is 5.12. The van der Waals surface area contributed by atoms with Crippen molar-refractivity contribution in [3.05, 3.63) is 29.3 Å². The minimum Gasteiger partial charge on any atom is -0.349 e. The number of aryl methyl sites for hydroxylation is 1. The number of hydrogen-bond acceptors (Lipinski definition) is 4. The van der Waals surface area contributed by atoms with Crippen molar-refractivity contribution >= 4 is 27.5 Å². The highest BCUT2D eigenvalue weighted by atomic mass is 32.1. The van der Waals surface area contributed by atoms with Crippen LogP contribution in [0.15, 0.2) is 24.3 Å². The van der Waals surface area contributed by atoms with Crippen LogP contribution in [0, 0.1) is 0 Å². The molecular formula is C18H27N3OS. The molecule has 0 bridgehead atoms. The number of aromatic nitrogens is 1. The number of nitrogens with one attached hydrogen (secondary N) is 1. The minimum absolute atomic E-state index is 0.114. The van der Waals surface area contributed by atoms with Gasteiger partial charge in [-0.05, 0) is 44.2 Å². The van der Waals surface area contributed by atoms with Crippen LogP contribution in [0.5, 0.6) is 0 Å². The summed E-state index contributed by atoms with van der Waals surface area (Å²) in [6, 6.07) is 8.21.